The smallest absolute Gasteiger partial charge is 0.231 e. The maximum Gasteiger partial charge on any atom is 0.231 e. The molecule has 0 fully saturated rings. The Morgan fingerprint density at radius 3 is 1.71 bits per heavy atom. The van der Waals surface area contributed by atoms with Crippen LogP contribution in [0.2, 0.25) is 0 Å². The number of aromatic nitrogens is 4. The van der Waals surface area contributed by atoms with Crippen molar-refractivity contribution in [2.24, 2.45) is 0 Å². The van der Waals surface area contributed by atoms with Gasteiger partial charge in [-0.1, -0.05) is 109 Å². The van der Waals surface area contributed by atoms with E-state index in [-0.39, 0.29) is 0 Å². The maximum atomic E-state index is 6.24. The zero-order valence-electron chi connectivity index (χ0n) is 21.9. The third kappa shape index (κ3) is 4.03. The molecular formula is C36H22N4O. The quantitative estimate of drug-likeness (QED) is 0.229. The van der Waals surface area contributed by atoms with Crippen LogP contribution >= 0.6 is 0 Å². The van der Waals surface area contributed by atoms with Gasteiger partial charge >= 0.3 is 0 Å². The lowest BCUT2D eigenvalue weighted by Crippen LogP contribution is -1.97. The van der Waals surface area contributed by atoms with E-state index in [1.54, 1.807) is 0 Å². The van der Waals surface area contributed by atoms with Gasteiger partial charge in [0, 0.05) is 27.6 Å². The van der Waals surface area contributed by atoms with Gasteiger partial charge in [0.25, 0.3) is 0 Å². The van der Waals surface area contributed by atoms with E-state index < -0.39 is 0 Å². The predicted octanol–water partition coefficient (Wildman–Crippen LogP) is 8.99. The minimum atomic E-state index is 0.566. The average molecular weight is 527 g/mol. The first kappa shape index (κ1) is 23.2. The summed E-state index contributed by atoms with van der Waals surface area (Å²) < 4.78 is 6.24. The highest BCUT2D eigenvalue weighted by molar-refractivity contribution is 6.10. The summed E-state index contributed by atoms with van der Waals surface area (Å²) in [5.74, 6) is 0.590. The van der Waals surface area contributed by atoms with Crippen LogP contribution in [0.25, 0.3) is 78.3 Å². The van der Waals surface area contributed by atoms with E-state index in [1.165, 1.54) is 0 Å². The molecule has 192 valence electrons. The van der Waals surface area contributed by atoms with Gasteiger partial charge in [0.2, 0.25) is 5.71 Å². The van der Waals surface area contributed by atoms with Gasteiger partial charge in [-0.25, -0.2) is 15.0 Å². The molecule has 0 aliphatic carbocycles. The van der Waals surface area contributed by atoms with E-state index in [2.05, 4.69) is 42.5 Å². The minimum Gasteiger partial charge on any atom is -0.438 e. The van der Waals surface area contributed by atoms with Crippen molar-refractivity contribution < 1.29 is 4.42 Å². The molecule has 0 unspecified atom stereocenters. The molecule has 5 heteroatoms. The summed E-state index contributed by atoms with van der Waals surface area (Å²) in [5.41, 5.74) is 9.38. The molecule has 0 amide bonds. The van der Waals surface area contributed by atoms with Crippen LogP contribution in [0.15, 0.2) is 138 Å². The number of nitrogens with zero attached hydrogens (tertiary/aromatic N) is 4. The number of benzene rings is 5. The van der Waals surface area contributed by atoms with Gasteiger partial charge in [-0.15, -0.1) is 0 Å². The third-order valence-electron chi connectivity index (χ3n) is 7.30. The summed E-state index contributed by atoms with van der Waals surface area (Å²) >= 11 is 0. The Labute approximate surface area is 235 Å². The van der Waals surface area contributed by atoms with Crippen molar-refractivity contribution in [2.45, 2.75) is 0 Å². The summed E-state index contributed by atoms with van der Waals surface area (Å²) in [5, 5.41) is 1.92. The molecule has 0 saturated carbocycles. The number of rotatable bonds is 4. The zero-order chi connectivity index (χ0) is 27.2. The van der Waals surface area contributed by atoms with Crippen molar-refractivity contribution in [1.82, 2.24) is 19.9 Å². The van der Waals surface area contributed by atoms with Gasteiger partial charge in [-0.2, -0.15) is 4.98 Å². The van der Waals surface area contributed by atoms with Crippen molar-refractivity contribution in [3.8, 4) is 45.2 Å². The number of para-hydroxylation sites is 3. The highest BCUT2D eigenvalue weighted by Crippen LogP contribution is 2.37. The van der Waals surface area contributed by atoms with Crippen LogP contribution in [-0.4, -0.2) is 19.9 Å². The normalized spacial score (nSPS) is 11.4. The van der Waals surface area contributed by atoms with Crippen molar-refractivity contribution in [1.29, 1.82) is 0 Å². The Balaban J connectivity index is 1.35. The molecule has 8 aromatic rings. The molecule has 0 spiro atoms. The molecule has 0 radical (unpaired) electrons. The van der Waals surface area contributed by atoms with E-state index in [9.17, 15) is 0 Å². The van der Waals surface area contributed by atoms with E-state index in [4.69, 9.17) is 24.4 Å². The number of hydrogen-bond acceptors (Lipinski definition) is 5. The van der Waals surface area contributed by atoms with E-state index in [0.29, 0.717) is 11.5 Å². The topological polar surface area (TPSA) is 64.7 Å². The molecule has 0 atom stereocenters. The lowest BCUT2D eigenvalue weighted by Gasteiger charge is -2.12. The summed E-state index contributed by atoms with van der Waals surface area (Å²) in [6, 6.07) is 44.5. The van der Waals surface area contributed by atoms with Gasteiger partial charge in [-0.3, -0.25) is 0 Å². The van der Waals surface area contributed by atoms with Crippen molar-refractivity contribution >= 4 is 33.1 Å². The van der Waals surface area contributed by atoms with E-state index in [1.807, 2.05) is 91.0 Å². The first-order valence-corrected chi connectivity index (χ1v) is 13.5. The standard InChI is InChI=1S/C36H22N4O/c1-3-12-23(13-4-1)32-31-27-18-7-10-21-30(27)41-36(31)40-35(39-32)26-17-11-16-25(22-26)34-33(24-14-5-2-6-15-24)37-28-19-8-9-20-29(28)38-34/h1-22H. The number of hydrogen-bond donors (Lipinski definition) is 0. The number of fused-ring (bicyclic) bond motifs is 4. The monoisotopic (exact) mass is 526 g/mol. The zero-order valence-corrected chi connectivity index (χ0v) is 21.9. The summed E-state index contributed by atoms with van der Waals surface area (Å²) in [4.78, 5) is 20.2. The molecule has 0 aliphatic rings. The van der Waals surface area contributed by atoms with Crippen LogP contribution in [0.4, 0.5) is 0 Å². The molecule has 3 aromatic heterocycles. The molecule has 5 nitrogen and oxygen atoms in total. The highest BCUT2D eigenvalue weighted by Gasteiger charge is 2.19. The van der Waals surface area contributed by atoms with E-state index >= 15 is 0 Å². The second-order valence-corrected chi connectivity index (χ2v) is 9.90. The molecule has 0 N–H and O–H groups in total. The Hall–Kier alpha value is -5.68. The van der Waals surface area contributed by atoms with Crippen LogP contribution < -0.4 is 0 Å². The molecule has 5 aromatic carbocycles. The second kappa shape index (κ2) is 9.50. The fraction of sp³-hybridized carbons (Fsp3) is 0. The second-order valence-electron chi connectivity index (χ2n) is 9.90. The predicted molar refractivity (Wildman–Crippen MR) is 164 cm³/mol. The van der Waals surface area contributed by atoms with Gasteiger partial charge < -0.3 is 4.42 Å². The van der Waals surface area contributed by atoms with E-state index in [0.717, 1.165) is 66.7 Å². The SMILES string of the molecule is c1ccc(-c2nc3ccccc3nc2-c2cccc(-c3nc(-c4ccccc4)c4c(n3)oc3ccccc34)c2)cc1. The van der Waals surface area contributed by atoms with Crippen molar-refractivity contribution in [2.75, 3.05) is 0 Å². The fourth-order valence-corrected chi connectivity index (χ4v) is 5.36. The van der Waals surface area contributed by atoms with Crippen LogP contribution in [0.5, 0.6) is 0 Å². The average Bonchev–Trinajstić information content (AvgIpc) is 3.43. The largest absolute Gasteiger partial charge is 0.438 e. The van der Waals surface area contributed by atoms with Crippen LogP contribution in [-0.2, 0) is 0 Å². The van der Waals surface area contributed by atoms with Crippen molar-refractivity contribution in [3.05, 3.63) is 133 Å². The van der Waals surface area contributed by atoms with Crippen molar-refractivity contribution in [3.63, 3.8) is 0 Å². The van der Waals surface area contributed by atoms with Gasteiger partial charge in [0.15, 0.2) is 5.82 Å². The first-order chi connectivity index (χ1) is 20.3. The maximum absolute atomic E-state index is 6.24. The summed E-state index contributed by atoms with van der Waals surface area (Å²) in [7, 11) is 0. The van der Waals surface area contributed by atoms with Gasteiger partial charge in [0.1, 0.15) is 5.58 Å². The molecule has 0 saturated heterocycles. The van der Waals surface area contributed by atoms with Crippen LogP contribution in [0, 0.1) is 0 Å². The molecule has 41 heavy (non-hydrogen) atoms. The molecule has 8 rings (SSSR count). The summed E-state index contributed by atoms with van der Waals surface area (Å²) in [6.07, 6.45) is 0. The Morgan fingerprint density at radius 1 is 0.415 bits per heavy atom. The van der Waals surface area contributed by atoms with Gasteiger partial charge in [-0.05, 0) is 24.3 Å². The Bertz CT molecular complexity index is 2210. The van der Waals surface area contributed by atoms with Gasteiger partial charge in [0.05, 0.1) is 33.5 Å². The molecule has 0 bridgehead atoms. The lowest BCUT2D eigenvalue weighted by atomic mass is 10.0. The minimum absolute atomic E-state index is 0.566. The first-order valence-electron chi connectivity index (χ1n) is 13.5. The molecule has 3 heterocycles. The Morgan fingerprint density at radius 2 is 0.976 bits per heavy atom. The molecule has 0 aliphatic heterocycles. The highest BCUT2D eigenvalue weighted by atomic mass is 16.3. The third-order valence-corrected chi connectivity index (χ3v) is 7.30. The lowest BCUT2D eigenvalue weighted by molar-refractivity contribution is 0.653. The summed E-state index contributed by atoms with van der Waals surface area (Å²) in [6.45, 7) is 0. The number of furan rings is 1. The van der Waals surface area contributed by atoms with Crippen LogP contribution in [0.3, 0.4) is 0 Å². The molecular weight excluding hydrogens is 504 g/mol. The van der Waals surface area contributed by atoms with Crippen LogP contribution in [0.1, 0.15) is 0 Å². The Kier molecular flexibility index (Phi) is 5.38. The fourth-order valence-electron chi connectivity index (χ4n) is 5.36.